The molecule has 37 heavy (non-hydrogen) atoms. The van der Waals surface area contributed by atoms with Crippen LogP contribution < -0.4 is 5.56 Å². The van der Waals surface area contributed by atoms with Crippen LogP contribution in [0, 0.1) is 0 Å². The van der Waals surface area contributed by atoms with E-state index in [1.807, 2.05) is 72.8 Å². The topological polar surface area (TPSA) is 101 Å². The number of benzene rings is 3. The average Bonchev–Trinajstić information content (AvgIpc) is 2.97. The van der Waals surface area contributed by atoms with Crippen molar-refractivity contribution < 1.29 is 10.2 Å². The molecule has 0 unspecified atom stereocenters. The summed E-state index contributed by atoms with van der Waals surface area (Å²) in [6, 6.07) is 26.1. The van der Waals surface area contributed by atoms with Crippen molar-refractivity contribution in [2.24, 2.45) is 0 Å². The molecule has 0 radical (unpaired) electrons. The molecule has 3 aromatic carbocycles. The minimum Gasteiger partial charge on any atom is -0.392 e. The Morgan fingerprint density at radius 2 is 1.57 bits per heavy atom. The van der Waals surface area contributed by atoms with Gasteiger partial charge in [0.05, 0.1) is 24.3 Å². The molecule has 0 amide bonds. The zero-order valence-corrected chi connectivity index (χ0v) is 19.7. The van der Waals surface area contributed by atoms with Gasteiger partial charge in [-0.05, 0) is 58.3 Å². The van der Waals surface area contributed by atoms with Crippen molar-refractivity contribution in [3.63, 3.8) is 0 Å². The van der Waals surface area contributed by atoms with Gasteiger partial charge in [0.2, 0.25) is 0 Å². The molecule has 2 N–H and O–H groups in total. The SMILES string of the molecule is O=c1c2ccccc2c(-c2cccnc2)nn1-c1cccc(-c2c(CO)c(CO)cc3ccccc23)n1. The van der Waals surface area contributed by atoms with Gasteiger partial charge in [-0.3, -0.25) is 9.78 Å². The molecule has 0 bridgehead atoms. The molecule has 7 heteroatoms. The first kappa shape index (κ1) is 22.7. The molecule has 6 rings (SSSR count). The van der Waals surface area contributed by atoms with E-state index in [1.165, 1.54) is 4.68 Å². The number of nitrogens with zero attached hydrogens (tertiary/aromatic N) is 4. The largest absolute Gasteiger partial charge is 0.392 e. The fourth-order valence-corrected chi connectivity index (χ4v) is 4.80. The Morgan fingerprint density at radius 3 is 2.32 bits per heavy atom. The summed E-state index contributed by atoms with van der Waals surface area (Å²) in [7, 11) is 0. The lowest BCUT2D eigenvalue weighted by Gasteiger charge is -2.16. The molecular weight excluding hydrogens is 464 g/mol. The van der Waals surface area contributed by atoms with Crippen molar-refractivity contribution in [3.05, 3.63) is 119 Å². The quantitative estimate of drug-likeness (QED) is 0.368. The summed E-state index contributed by atoms with van der Waals surface area (Å²) in [5.41, 5.74) is 3.63. The number of fused-ring (bicyclic) bond motifs is 2. The number of pyridine rings is 2. The molecular formula is C30H22N4O3. The van der Waals surface area contributed by atoms with Crippen LogP contribution in [0.2, 0.25) is 0 Å². The first-order chi connectivity index (χ1) is 18.2. The van der Waals surface area contributed by atoms with Gasteiger partial charge in [-0.2, -0.15) is 9.78 Å². The van der Waals surface area contributed by atoms with Crippen molar-refractivity contribution in [1.82, 2.24) is 19.7 Å². The van der Waals surface area contributed by atoms with Crippen molar-refractivity contribution in [3.8, 4) is 28.3 Å². The van der Waals surface area contributed by atoms with E-state index in [-0.39, 0.29) is 18.8 Å². The Balaban J connectivity index is 1.62. The Labute approximate surface area is 212 Å². The molecule has 180 valence electrons. The maximum Gasteiger partial charge on any atom is 0.280 e. The Hall–Kier alpha value is -4.72. The van der Waals surface area contributed by atoms with Crippen LogP contribution in [0.25, 0.3) is 49.9 Å². The van der Waals surface area contributed by atoms with Crippen molar-refractivity contribution in [2.45, 2.75) is 13.2 Å². The average molecular weight is 487 g/mol. The van der Waals surface area contributed by atoms with Gasteiger partial charge in [-0.1, -0.05) is 48.5 Å². The van der Waals surface area contributed by atoms with Crippen LogP contribution in [0.15, 0.2) is 102 Å². The predicted molar refractivity (Wildman–Crippen MR) is 143 cm³/mol. The third-order valence-corrected chi connectivity index (χ3v) is 6.53. The molecule has 0 saturated heterocycles. The normalized spacial score (nSPS) is 11.3. The van der Waals surface area contributed by atoms with Gasteiger partial charge in [0.15, 0.2) is 5.82 Å². The predicted octanol–water partition coefficient (Wildman–Crippen LogP) is 4.65. The van der Waals surface area contributed by atoms with Gasteiger partial charge in [0.1, 0.15) is 5.69 Å². The van der Waals surface area contributed by atoms with E-state index >= 15 is 0 Å². The molecule has 0 aliphatic heterocycles. The van der Waals surface area contributed by atoms with Crippen LogP contribution in [0.4, 0.5) is 0 Å². The van der Waals surface area contributed by atoms with Crippen LogP contribution in [0.1, 0.15) is 11.1 Å². The molecule has 0 atom stereocenters. The second-order valence-corrected chi connectivity index (χ2v) is 8.66. The van der Waals surface area contributed by atoms with Crippen molar-refractivity contribution in [1.29, 1.82) is 0 Å². The summed E-state index contributed by atoms with van der Waals surface area (Å²) in [5, 5.41) is 28.0. The van der Waals surface area contributed by atoms with Gasteiger partial charge in [-0.15, -0.1) is 0 Å². The first-order valence-corrected chi connectivity index (χ1v) is 11.8. The van der Waals surface area contributed by atoms with Gasteiger partial charge < -0.3 is 10.2 Å². The number of hydrogen-bond donors (Lipinski definition) is 2. The number of rotatable bonds is 5. The maximum absolute atomic E-state index is 13.6. The lowest BCUT2D eigenvalue weighted by Crippen LogP contribution is -2.23. The Bertz CT molecular complexity index is 1830. The Kier molecular flexibility index (Phi) is 5.76. The molecule has 6 aromatic rings. The van der Waals surface area contributed by atoms with Crippen molar-refractivity contribution in [2.75, 3.05) is 0 Å². The number of aliphatic hydroxyl groups excluding tert-OH is 2. The molecule has 0 fully saturated rings. The fourth-order valence-electron chi connectivity index (χ4n) is 4.80. The third-order valence-electron chi connectivity index (χ3n) is 6.53. The molecule has 3 aromatic heterocycles. The summed E-state index contributed by atoms with van der Waals surface area (Å²) in [5.74, 6) is 0.348. The monoisotopic (exact) mass is 486 g/mol. The number of aromatic nitrogens is 4. The summed E-state index contributed by atoms with van der Waals surface area (Å²) in [6.07, 6.45) is 3.41. The van der Waals surface area contributed by atoms with E-state index < -0.39 is 0 Å². The lowest BCUT2D eigenvalue weighted by molar-refractivity contribution is 0.260. The highest BCUT2D eigenvalue weighted by molar-refractivity contribution is 5.98. The van der Waals surface area contributed by atoms with E-state index in [1.54, 1.807) is 24.5 Å². The van der Waals surface area contributed by atoms with E-state index in [4.69, 9.17) is 10.1 Å². The zero-order chi connectivity index (χ0) is 25.4. The zero-order valence-electron chi connectivity index (χ0n) is 19.7. The van der Waals surface area contributed by atoms with Crippen LogP contribution in [-0.4, -0.2) is 30.0 Å². The van der Waals surface area contributed by atoms with Crippen LogP contribution in [0.3, 0.4) is 0 Å². The molecule has 3 heterocycles. The minimum atomic E-state index is -0.288. The van der Waals surface area contributed by atoms with E-state index in [0.29, 0.717) is 39.3 Å². The lowest BCUT2D eigenvalue weighted by atomic mass is 9.92. The molecule has 7 nitrogen and oxygen atoms in total. The smallest absolute Gasteiger partial charge is 0.280 e. The van der Waals surface area contributed by atoms with E-state index in [0.717, 1.165) is 21.7 Å². The second kappa shape index (κ2) is 9.39. The summed E-state index contributed by atoms with van der Waals surface area (Å²) in [4.78, 5) is 22.6. The molecule has 0 spiro atoms. The Morgan fingerprint density at radius 1 is 0.784 bits per heavy atom. The summed E-state index contributed by atoms with van der Waals surface area (Å²) < 4.78 is 1.31. The molecule has 0 aliphatic rings. The highest BCUT2D eigenvalue weighted by Crippen LogP contribution is 2.34. The van der Waals surface area contributed by atoms with Crippen LogP contribution >= 0.6 is 0 Å². The maximum atomic E-state index is 13.6. The summed E-state index contributed by atoms with van der Waals surface area (Å²) >= 11 is 0. The highest BCUT2D eigenvalue weighted by atomic mass is 16.3. The minimum absolute atomic E-state index is 0.215. The standard InChI is InChI=1S/C30H22N4O3/c35-17-21-15-19-7-1-2-9-22(19)28(25(21)18-36)26-12-5-13-27(32-26)34-30(37)24-11-4-3-10-23(24)29(33-34)20-8-6-14-31-16-20/h1-16,35-36H,17-18H2. The first-order valence-electron chi connectivity index (χ1n) is 11.8. The molecule has 0 saturated carbocycles. The summed E-state index contributed by atoms with van der Waals surface area (Å²) in [6.45, 7) is -0.477. The fraction of sp³-hybridized carbons (Fsp3) is 0.0667. The van der Waals surface area contributed by atoms with Gasteiger partial charge >= 0.3 is 0 Å². The van der Waals surface area contributed by atoms with Gasteiger partial charge in [0.25, 0.3) is 5.56 Å². The number of aliphatic hydroxyl groups is 2. The van der Waals surface area contributed by atoms with E-state index in [9.17, 15) is 15.0 Å². The second-order valence-electron chi connectivity index (χ2n) is 8.66. The molecule has 0 aliphatic carbocycles. The van der Waals surface area contributed by atoms with Crippen LogP contribution in [0.5, 0.6) is 0 Å². The van der Waals surface area contributed by atoms with Gasteiger partial charge in [0, 0.05) is 28.9 Å². The van der Waals surface area contributed by atoms with E-state index in [2.05, 4.69) is 4.98 Å². The third kappa shape index (κ3) is 3.87. The van der Waals surface area contributed by atoms with Gasteiger partial charge in [-0.25, -0.2) is 4.98 Å². The number of hydrogen-bond acceptors (Lipinski definition) is 6. The van der Waals surface area contributed by atoms with Crippen molar-refractivity contribution >= 4 is 21.5 Å². The van der Waals surface area contributed by atoms with Crippen LogP contribution in [-0.2, 0) is 13.2 Å². The highest BCUT2D eigenvalue weighted by Gasteiger charge is 2.18.